The summed E-state index contributed by atoms with van der Waals surface area (Å²) < 4.78 is 0. The summed E-state index contributed by atoms with van der Waals surface area (Å²) in [6.07, 6.45) is 2.72. The van der Waals surface area contributed by atoms with E-state index in [9.17, 15) is 19.2 Å². The fourth-order valence-electron chi connectivity index (χ4n) is 4.61. The normalized spacial score (nSPS) is 10.6. The first kappa shape index (κ1) is 31.7. The van der Waals surface area contributed by atoms with Crippen LogP contribution in [0.25, 0.3) is 0 Å². The van der Waals surface area contributed by atoms with Gasteiger partial charge < -0.3 is 32.7 Å². The standard InChI is InChI=1S/C32H40N6O4/c1-21-19-25(33)11-13-27(21)30(40)36-15-3-5-17-38(32(42)24-9-7-23(8-10-24)29(35)39)18-6-4-16-37-31(41)28-14-12-26(34)20-22(28)2/h7-14,19-20H,3-6,15-18,33-34H2,1-2H3,(H2,35,39)(H,36,40)(H,37,41). The molecule has 8 N–H and O–H groups in total. The SMILES string of the molecule is Cc1cc(N)ccc1C(=O)NCCCCN(CCCCNC(=O)c1ccc(N)cc1C)C(=O)c1ccc(C(N)=O)cc1. The molecule has 0 radical (unpaired) electrons. The van der Waals surface area contributed by atoms with Crippen molar-refractivity contribution in [3.63, 3.8) is 0 Å². The molecule has 10 heteroatoms. The van der Waals surface area contributed by atoms with Gasteiger partial charge in [0.2, 0.25) is 5.91 Å². The third kappa shape index (κ3) is 9.09. The van der Waals surface area contributed by atoms with Gasteiger partial charge in [-0.25, -0.2) is 0 Å². The predicted octanol–water partition coefficient (Wildman–Crippen LogP) is 3.43. The first-order valence-corrected chi connectivity index (χ1v) is 14.0. The second-order valence-corrected chi connectivity index (χ2v) is 10.3. The van der Waals surface area contributed by atoms with E-state index >= 15 is 0 Å². The van der Waals surface area contributed by atoms with Crippen LogP contribution in [0.1, 0.15) is 78.2 Å². The van der Waals surface area contributed by atoms with Crippen LogP contribution in [0.4, 0.5) is 11.4 Å². The van der Waals surface area contributed by atoms with Crippen LogP contribution in [0.3, 0.4) is 0 Å². The molecule has 0 fully saturated rings. The maximum Gasteiger partial charge on any atom is 0.253 e. The van der Waals surface area contributed by atoms with Crippen LogP contribution >= 0.6 is 0 Å². The molecule has 0 saturated carbocycles. The Morgan fingerprint density at radius 2 is 1.07 bits per heavy atom. The number of rotatable bonds is 14. The molecule has 0 aliphatic rings. The number of hydrogen-bond acceptors (Lipinski definition) is 6. The molecule has 10 nitrogen and oxygen atoms in total. The molecule has 4 amide bonds. The molecular weight excluding hydrogens is 532 g/mol. The number of aryl methyl sites for hydroxylation is 2. The van der Waals surface area contributed by atoms with Crippen molar-refractivity contribution >= 4 is 35.0 Å². The maximum atomic E-state index is 13.3. The van der Waals surface area contributed by atoms with Crippen molar-refractivity contribution in [3.8, 4) is 0 Å². The fraction of sp³-hybridized carbons (Fsp3) is 0.312. The van der Waals surface area contributed by atoms with Crippen molar-refractivity contribution in [1.29, 1.82) is 0 Å². The quantitative estimate of drug-likeness (QED) is 0.146. The molecule has 3 aromatic carbocycles. The van der Waals surface area contributed by atoms with Crippen LogP contribution < -0.4 is 27.8 Å². The molecule has 0 spiro atoms. The van der Waals surface area contributed by atoms with Crippen molar-refractivity contribution in [1.82, 2.24) is 15.5 Å². The number of carbonyl (C=O) groups is 4. The number of nitrogens with zero attached hydrogens (tertiary/aromatic N) is 1. The Balaban J connectivity index is 1.52. The molecule has 0 saturated heterocycles. The van der Waals surface area contributed by atoms with Crippen LogP contribution in [0.5, 0.6) is 0 Å². The van der Waals surface area contributed by atoms with E-state index in [-0.39, 0.29) is 17.7 Å². The van der Waals surface area contributed by atoms with Crippen molar-refractivity contribution in [2.45, 2.75) is 39.5 Å². The van der Waals surface area contributed by atoms with Gasteiger partial charge in [0.15, 0.2) is 0 Å². The summed E-state index contributed by atoms with van der Waals surface area (Å²) in [5.41, 5.74) is 21.7. The third-order valence-electron chi connectivity index (χ3n) is 6.97. The lowest BCUT2D eigenvalue weighted by Gasteiger charge is -2.23. The Morgan fingerprint density at radius 3 is 1.48 bits per heavy atom. The van der Waals surface area contributed by atoms with Crippen molar-refractivity contribution < 1.29 is 19.2 Å². The van der Waals surface area contributed by atoms with E-state index in [2.05, 4.69) is 10.6 Å². The topological polar surface area (TPSA) is 174 Å². The van der Waals surface area contributed by atoms with E-state index in [1.54, 1.807) is 53.4 Å². The summed E-state index contributed by atoms with van der Waals surface area (Å²) in [6, 6.07) is 16.6. The lowest BCUT2D eigenvalue weighted by molar-refractivity contribution is 0.0746. The molecule has 0 aromatic heterocycles. The molecule has 3 rings (SSSR count). The summed E-state index contributed by atoms with van der Waals surface area (Å²) in [4.78, 5) is 51.6. The second-order valence-electron chi connectivity index (χ2n) is 10.3. The molecule has 42 heavy (non-hydrogen) atoms. The number of benzene rings is 3. The summed E-state index contributed by atoms with van der Waals surface area (Å²) in [5, 5.41) is 5.86. The van der Waals surface area contributed by atoms with Gasteiger partial charge in [-0.1, -0.05) is 0 Å². The van der Waals surface area contributed by atoms with Gasteiger partial charge >= 0.3 is 0 Å². The smallest absolute Gasteiger partial charge is 0.253 e. The Morgan fingerprint density at radius 1 is 0.643 bits per heavy atom. The van der Waals surface area contributed by atoms with Crippen molar-refractivity contribution in [2.75, 3.05) is 37.6 Å². The molecular formula is C32H40N6O4. The monoisotopic (exact) mass is 572 g/mol. The number of unbranched alkanes of at least 4 members (excludes halogenated alkanes) is 2. The molecule has 0 aliphatic heterocycles. The molecule has 3 aromatic rings. The Kier molecular flexibility index (Phi) is 11.5. The molecule has 222 valence electrons. The first-order chi connectivity index (χ1) is 20.1. The van der Waals surface area contributed by atoms with E-state index in [0.717, 1.165) is 11.1 Å². The Hall–Kier alpha value is -4.86. The molecule has 0 heterocycles. The van der Waals surface area contributed by atoms with E-state index in [1.807, 2.05) is 13.8 Å². The van der Waals surface area contributed by atoms with E-state index in [4.69, 9.17) is 17.2 Å². The lowest BCUT2D eigenvalue weighted by atomic mass is 10.1. The van der Waals surface area contributed by atoms with Gasteiger partial charge in [-0.15, -0.1) is 0 Å². The number of anilines is 2. The van der Waals surface area contributed by atoms with E-state index in [0.29, 0.717) is 85.5 Å². The largest absolute Gasteiger partial charge is 0.399 e. The van der Waals surface area contributed by atoms with E-state index in [1.165, 1.54) is 12.1 Å². The van der Waals surface area contributed by atoms with Crippen molar-refractivity contribution in [2.24, 2.45) is 5.73 Å². The molecule has 0 atom stereocenters. The highest BCUT2D eigenvalue weighted by molar-refractivity contribution is 5.98. The number of nitrogens with two attached hydrogens (primary N) is 3. The minimum atomic E-state index is -0.557. The van der Waals surface area contributed by atoms with Crippen LogP contribution in [0.15, 0.2) is 60.7 Å². The Labute approximate surface area is 246 Å². The summed E-state index contributed by atoms with van der Waals surface area (Å²) >= 11 is 0. The number of carbonyl (C=O) groups excluding carboxylic acids is 4. The van der Waals surface area contributed by atoms with E-state index < -0.39 is 5.91 Å². The number of hydrogen-bond donors (Lipinski definition) is 5. The van der Waals surface area contributed by atoms with Gasteiger partial charge in [-0.3, -0.25) is 19.2 Å². The number of nitrogen functional groups attached to an aromatic ring is 2. The number of primary amides is 1. The lowest BCUT2D eigenvalue weighted by Crippen LogP contribution is -2.34. The molecule has 0 unspecified atom stereocenters. The zero-order chi connectivity index (χ0) is 30.6. The summed E-state index contributed by atoms with van der Waals surface area (Å²) in [6.45, 7) is 5.60. The third-order valence-corrected chi connectivity index (χ3v) is 6.97. The average Bonchev–Trinajstić information content (AvgIpc) is 2.95. The second kappa shape index (κ2) is 15.2. The Bertz CT molecular complexity index is 1350. The number of nitrogens with one attached hydrogen (secondary N) is 2. The number of amides is 4. The van der Waals surface area contributed by atoms with Crippen molar-refractivity contribution in [3.05, 3.63) is 94.0 Å². The minimum absolute atomic E-state index is 0.158. The van der Waals surface area contributed by atoms with Gasteiger partial charge in [0.05, 0.1) is 0 Å². The summed E-state index contributed by atoms with van der Waals surface area (Å²) in [5.74, 6) is -1.04. The van der Waals surface area contributed by atoms with Crippen LogP contribution in [-0.2, 0) is 0 Å². The maximum absolute atomic E-state index is 13.3. The van der Waals surface area contributed by atoms with Crippen LogP contribution in [0.2, 0.25) is 0 Å². The highest BCUT2D eigenvalue weighted by Crippen LogP contribution is 2.14. The first-order valence-electron chi connectivity index (χ1n) is 14.0. The zero-order valence-corrected chi connectivity index (χ0v) is 24.2. The van der Waals surface area contributed by atoms with Gasteiger partial charge in [-0.05, 0) is 111 Å². The fourth-order valence-corrected chi connectivity index (χ4v) is 4.61. The molecule has 0 aliphatic carbocycles. The minimum Gasteiger partial charge on any atom is -0.399 e. The zero-order valence-electron chi connectivity index (χ0n) is 24.2. The van der Waals surface area contributed by atoms with Gasteiger partial charge in [0.1, 0.15) is 0 Å². The van der Waals surface area contributed by atoms with Gasteiger partial charge in [0, 0.05) is 59.8 Å². The highest BCUT2D eigenvalue weighted by atomic mass is 16.2. The van der Waals surface area contributed by atoms with Crippen LogP contribution in [0, 0.1) is 13.8 Å². The van der Waals surface area contributed by atoms with Gasteiger partial charge in [0.25, 0.3) is 17.7 Å². The average molecular weight is 573 g/mol. The highest BCUT2D eigenvalue weighted by Gasteiger charge is 2.16. The van der Waals surface area contributed by atoms with Gasteiger partial charge in [-0.2, -0.15) is 0 Å². The molecule has 0 bridgehead atoms. The predicted molar refractivity (Wildman–Crippen MR) is 165 cm³/mol. The summed E-state index contributed by atoms with van der Waals surface area (Å²) in [7, 11) is 0. The van der Waals surface area contributed by atoms with Crippen LogP contribution in [-0.4, -0.2) is 54.7 Å².